The highest BCUT2D eigenvalue weighted by atomic mass is 79.9. The molecule has 3 aromatic rings. The van der Waals surface area contributed by atoms with E-state index in [2.05, 4.69) is 37.3 Å². The van der Waals surface area contributed by atoms with Crippen molar-refractivity contribution in [3.05, 3.63) is 55.4 Å². The second-order valence-electron chi connectivity index (χ2n) is 4.42. The van der Waals surface area contributed by atoms with E-state index in [9.17, 15) is 0 Å². The van der Waals surface area contributed by atoms with Crippen LogP contribution in [-0.4, -0.2) is 21.1 Å². The molecule has 0 spiro atoms. The number of nitrogens with zero attached hydrogens (tertiary/aromatic N) is 3. The molecule has 0 saturated carbocycles. The number of nitrogens with one attached hydrogen (secondary N) is 1. The van der Waals surface area contributed by atoms with Gasteiger partial charge in [-0.2, -0.15) is 14.9 Å². The lowest BCUT2D eigenvalue weighted by Crippen LogP contribution is -1.94. The average molecular weight is 379 g/mol. The van der Waals surface area contributed by atoms with Gasteiger partial charge in [-0.15, -0.1) is 11.3 Å². The van der Waals surface area contributed by atoms with Gasteiger partial charge in [0.15, 0.2) is 5.82 Å². The minimum absolute atomic E-state index is 0.471. The molecule has 2 heterocycles. The van der Waals surface area contributed by atoms with E-state index in [1.54, 1.807) is 22.2 Å². The van der Waals surface area contributed by atoms with Crippen LogP contribution in [0.15, 0.2) is 45.3 Å². The Morgan fingerprint density at radius 2 is 2.24 bits per heavy atom. The number of aryl methyl sites for hydroxylation is 1. The fourth-order valence-electron chi connectivity index (χ4n) is 1.88. The third-order valence-corrected chi connectivity index (χ3v) is 4.64. The second-order valence-corrected chi connectivity index (χ2v) is 7.30. The maximum absolute atomic E-state index is 5.25. The Morgan fingerprint density at radius 3 is 2.95 bits per heavy atom. The summed E-state index contributed by atoms with van der Waals surface area (Å²) in [6.07, 6.45) is 1.78. The standard InChI is InChI=1S/C14H11BrN4S2/c1-9-3-2-4-10(7-9)13-17-18-14(20)19(13)16-8-11-5-6-12(15)21-11/h2-8H,1H3,(H,18,20)/b16-8+. The lowest BCUT2D eigenvalue weighted by molar-refractivity contribution is 0.872. The topological polar surface area (TPSA) is 46.0 Å². The van der Waals surface area contributed by atoms with Crippen LogP contribution < -0.4 is 0 Å². The van der Waals surface area contributed by atoms with Crippen molar-refractivity contribution in [1.82, 2.24) is 14.9 Å². The molecule has 1 aromatic carbocycles. The average Bonchev–Trinajstić information content (AvgIpc) is 3.03. The van der Waals surface area contributed by atoms with Crippen molar-refractivity contribution in [3.63, 3.8) is 0 Å². The van der Waals surface area contributed by atoms with Crippen LogP contribution in [0.2, 0.25) is 0 Å². The van der Waals surface area contributed by atoms with Crippen LogP contribution in [0.5, 0.6) is 0 Å². The van der Waals surface area contributed by atoms with Gasteiger partial charge in [-0.25, -0.2) is 5.10 Å². The van der Waals surface area contributed by atoms with Crippen molar-refractivity contribution in [1.29, 1.82) is 0 Å². The number of benzene rings is 1. The highest BCUT2D eigenvalue weighted by Gasteiger charge is 2.08. The lowest BCUT2D eigenvalue weighted by atomic mass is 10.1. The summed E-state index contributed by atoms with van der Waals surface area (Å²) >= 11 is 10.3. The minimum Gasteiger partial charge on any atom is -0.250 e. The van der Waals surface area contributed by atoms with Crippen LogP contribution in [-0.2, 0) is 0 Å². The highest BCUT2D eigenvalue weighted by molar-refractivity contribution is 9.11. The van der Waals surface area contributed by atoms with Crippen molar-refractivity contribution in [3.8, 4) is 11.4 Å². The Bertz CT molecular complexity index is 860. The predicted octanol–water partition coefficient (Wildman–Crippen LogP) is 4.62. The fourth-order valence-corrected chi connectivity index (χ4v) is 3.35. The van der Waals surface area contributed by atoms with Gasteiger partial charge in [-0.1, -0.05) is 23.8 Å². The highest BCUT2D eigenvalue weighted by Crippen LogP contribution is 2.21. The molecule has 0 aliphatic rings. The van der Waals surface area contributed by atoms with Gasteiger partial charge in [0, 0.05) is 10.4 Å². The molecule has 1 N–H and O–H groups in total. The molecular formula is C14H11BrN4S2. The van der Waals surface area contributed by atoms with E-state index in [1.165, 1.54) is 5.56 Å². The van der Waals surface area contributed by atoms with Gasteiger partial charge in [0.25, 0.3) is 0 Å². The number of thiophene rings is 1. The van der Waals surface area contributed by atoms with E-state index in [0.717, 1.165) is 14.2 Å². The summed E-state index contributed by atoms with van der Waals surface area (Å²) in [7, 11) is 0. The van der Waals surface area contributed by atoms with E-state index in [-0.39, 0.29) is 0 Å². The van der Waals surface area contributed by atoms with Gasteiger partial charge in [0.1, 0.15) is 0 Å². The van der Waals surface area contributed by atoms with E-state index in [4.69, 9.17) is 12.2 Å². The summed E-state index contributed by atoms with van der Waals surface area (Å²) in [5.74, 6) is 0.704. The molecule has 0 saturated heterocycles. The first-order valence-corrected chi connectivity index (χ1v) is 8.19. The third kappa shape index (κ3) is 3.20. The molecule has 0 radical (unpaired) electrons. The van der Waals surface area contributed by atoms with Crippen LogP contribution in [0.3, 0.4) is 0 Å². The molecule has 2 aromatic heterocycles. The number of hydrogen-bond donors (Lipinski definition) is 1. The Labute approximate surface area is 139 Å². The Balaban J connectivity index is 2.01. The molecule has 0 amide bonds. The van der Waals surface area contributed by atoms with E-state index < -0.39 is 0 Å². The van der Waals surface area contributed by atoms with Gasteiger partial charge in [0.2, 0.25) is 4.77 Å². The summed E-state index contributed by atoms with van der Waals surface area (Å²) in [5, 5.41) is 11.5. The minimum atomic E-state index is 0.471. The summed E-state index contributed by atoms with van der Waals surface area (Å²) in [6.45, 7) is 2.04. The summed E-state index contributed by atoms with van der Waals surface area (Å²) in [6, 6.07) is 12.1. The molecule has 7 heteroatoms. The maximum Gasteiger partial charge on any atom is 0.216 e. The Kier molecular flexibility index (Phi) is 4.14. The number of halogens is 1. The van der Waals surface area contributed by atoms with Crippen molar-refractivity contribution < 1.29 is 0 Å². The zero-order chi connectivity index (χ0) is 14.8. The molecule has 0 aliphatic carbocycles. The Hall–Kier alpha value is -1.57. The first kappa shape index (κ1) is 14.4. The quantitative estimate of drug-likeness (QED) is 0.533. The number of aromatic amines is 1. The molecule has 0 fully saturated rings. The van der Waals surface area contributed by atoms with Crippen molar-refractivity contribution in [2.24, 2.45) is 5.10 Å². The number of aromatic nitrogens is 3. The number of rotatable bonds is 3. The molecule has 21 heavy (non-hydrogen) atoms. The van der Waals surface area contributed by atoms with Crippen LogP contribution >= 0.6 is 39.5 Å². The summed E-state index contributed by atoms with van der Waals surface area (Å²) in [5.41, 5.74) is 2.14. The lowest BCUT2D eigenvalue weighted by Gasteiger charge is -2.01. The molecule has 106 valence electrons. The first-order valence-electron chi connectivity index (χ1n) is 6.17. The normalized spacial score (nSPS) is 11.3. The zero-order valence-corrected chi connectivity index (χ0v) is 14.3. The molecule has 0 atom stereocenters. The molecular weight excluding hydrogens is 368 g/mol. The second kappa shape index (κ2) is 6.05. The van der Waals surface area contributed by atoms with Crippen LogP contribution in [0.1, 0.15) is 10.4 Å². The first-order chi connectivity index (χ1) is 10.1. The van der Waals surface area contributed by atoms with Crippen molar-refractivity contribution >= 4 is 45.7 Å². The fraction of sp³-hybridized carbons (Fsp3) is 0.0714. The summed E-state index contributed by atoms with van der Waals surface area (Å²) < 4.78 is 3.18. The van der Waals surface area contributed by atoms with Gasteiger partial charge >= 0.3 is 0 Å². The molecule has 4 nitrogen and oxygen atoms in total. The molecule has 3 rings (SSSR count). The molecule has 0 aliphatic heterocycles. The SMILES string of the molecule is Cc1cccc(-c2n[nH]c(=S)n2/N=C/c2ccc(Br)s2)c1. The predicted molar refractivity (Wildman–Crippen MR) is 92.6 cm³/mol. The van der Waals surface area contributed by atoms with Gasteiger partial charge in [-0.05, 0) is 53.3 Å². The van der Waals surface area contributed by atoms with Crippen molar-refractivity contribution in [2.75, 3.05) is 0 Å². The summed E-state index contributed by atoms with van der Waals surface area (Å²) in [4.78, 5) is 1.04. The third-order valence-electron chi connectivity index (χ3n) is 2.82. The largest absolute Gasteiger partial charge is 0.250 e. The molecule has 0 bridgehead atoms. The van der Waals surface area contributed by atoms with Crippen LogP contribution in [0.25, 0.3) is 11.4 Å². The maximum atomic E-state index is 5.25. The number of hydrogen-bond acceptors (Lipinski definition) is 4. The number of H-pyrrole nitrogens is 1. The zero-order valence-electron chi connectivity index (χ0n) is 11.1. The van der Waals surface area contributed by atoms with Gasteiger partial charge in [-0.3, -0.25) is 0 Å². The van der Waals surface area contributed by atoms with Crippen molar-refractivity contribution in [2.45, 2.75) is 6.92 Å². The van der Waals surface area contributed by atoms with Gasteiger partial charge < -0.3 is 0 Å². The van der Waals surface area contributed by atoms with E-state index >= 15 is 0 Å². The molecule has 0 unspecified atom stereocenters. The smallest absolute Gasteiger partial charge is 0.216 e. The monoisotopic (exact) mass is 378 g/mol. The van der Waals surface area contributed by atoms with Crippen LogP contribution in [0.4, 0.5) is 0 Å². The Morgan fingerprint density at radius 1 is 1.38 bits per heavy atom. The van der Waals surface area contributed by atoms with Gasteiger partial charge in [0.05, 0.1) is 10.0 Å². The van der Waals surface area contributed by atoms with E-state index in [1.807, 2.05) is 37.3 Å². The van der Waals surface area contributed by atoms with Crippen LogP contribution in [0, 0.1) is 11.7 Å². The van der Waals surface area contributed by atoms with E-state index in [0.29, 0.717) is 10.6 Å².